The van der Waals surface area contributed by atoms with E-state index in [9.17, 15) is 4.79 Å². The third-order valence-electron chi connectivity index (χ3n) is 3.09. The van der Waals surface area contributed by atoms with Gasteiger partial charge in [0.2, 0.25) is 5.91 Å². The lowest BCUT2D eigenvalue weighted by Crippen LogP contribution is -2.58. The molecule has 2 rings (SSSR count). The molecule has 1 amide bonds. The van der Waals surface area contributed by atoms with E-state index >= 15 is 0 Å². The minimum absolute atomic E-state index is 0.0510. The molecule has 0 bridgehead atoms. The van der Waals surface area contributed by atoms with Crippen LogP contribution in [0, 0.1) is 5.41 Å². The minimum Gasteiger partial charge on any atom is -0.379 e. The van der Waals surface area contributed by atoms with Crippen molar-refractivity contribution in [1.29, 1.82) is 0 Å². The van der Waals surface area contributed by atoms with Gasteiger partial charge in [0.15, 0.2) is 0 Å². The second kappa shape index (κ2) is 4.81. The maximum Gasteiger partial charge on any atom is 0.234 e. The summed E-state index contributed by atoms with van der Waals surface area (Å²) in [5, 5.41) is 0. The van der Waals surface area contributed by atoms with Crippen LogP contribution in [0.15, 0.2) is 24.5 Å². The number of hydrogen-bond acceptors (Lipinski definition) is 4. The van der Waals surface area contributed by atoms with Crippen LogP contribution >= 0.6 is 0 Å². The molecule has 2 heterocycles. The largest absolute Gasteiger partial charge is 0.379 e. The third kappa shape index (κ3) is 2.30. The fourth-order valence-corrected chi connectivity index (χ4v) is 1.92. The molecule has 1 fully saturated rings. The molecule has 17 heavy (non-hydrogen) atoms. The summed E-state index contributed by atoms with van der Waals surface area (Å²) in [5.74, 6) is 0.0510. The van der Waals surface area contributed by atoms with Gasteiger partial charge in [0, 0.05) is 32.5 Å². The second-order valence-electron chi connectivity index (χ2n) is 4.50. The highest BCUT2D eigenvalue weighted by Crippen LogP contribution is 2.28. The average Bonchev–Trinajstić information content (AvgIpc) is 2.29. The van der Waals surface area contributed by atoms with Gasteiger partial charge in [0.25, 0.3) is 0 Å². The van der Waals surface area contributed by atoms with Crippen LogP contribution in [0.25, 0.3) is 0 Å². The minimum atomic E-state index is -0.503. The molecule has 1 saturated heterocycles. The molecule has 0 spiro atoms. The molecule has 5 heteroatoms. The van der Waals surface area contributed by atoms with Crippen molar-refractivity contribution in [3.8, 4) is 0 Å². The summed E-state index contributed by atoms with van der Waals surface area (Å²) in [6.45, 7) is 1.75. The standard InChI is InChI=1S/C12H17N3O2/c1-15(6-10-3-2-4-14-5-10)11(16)12(7-13)8-17-9-12/h2-5H,6-9,13H2,1H3. The topological polar surface area (TPSA) is 68.5 Å². The summed E-state index contributed by atoms with van der Waals surface area (Å²) in [4.78, 5) is 17.9. The van der Waals surface area contributed by atoms with Crippen LogP contribution in [0.1, 0.15) is 5.56 Å². The van der Waals surface area contributed by atoms with Crippen molar-refractivity contribution in [3.63, 3.8) is 0 Å². The van der Waals surface area contributed by atoms with Gasteiger partial charge < -0.3 is 15.4 Å². The Bertz CT molecular complexity index is 384. The molecule has 0 aromatic carbocycles. The number of nitrogens with zero attached hydrogens (tertiary/aromatic N) is 2. The normalized spacial score (nSPS) is 17.3. The van der Waals surface area contributed by atoms with Crippen molar-refractivity contribution in [2.24, 2.45) is 11.1 Å². The van der Waals surface area contributed by atoms with E-state index in [2.05, 4.69) is 4.98 Å². The van der Waals surface area contributed by atoms with E-state index in [1.165, 1.54) is 0 Å². The Morgan fingerprint density at radius 1 is 1.65 bits per heavy atom. The van der Waals surface area contributed by atoms with Crippen molar-refractivity contribution >= 4 is 5.91 Å². The third-order valence-corrected chi connectivity index (χ3v) is 3.09. The lowest BCUT2D eigenvalue weighted by molar-refractivity contribution is -0.169. The predicted octanol–water partition coefficient (Wildman–Crippen LogP) is 0.0153. The van der Waals surface area contributed by atoms with Crippen LogP contribution in [-0.4, -0.2) is 42.6 Å². The SMILES string of the molecule is CN(Cc1cccnc1)C(=O)C1(CN)COC1. The van der Waals surface area contributed by atoms with Crippen molar-refractivity contribution < 1.29 is 9.53 Å². The zero-order chi connectivity index (χ0) is 12.3. The van der Waals surface area contributed by atoms with Gasteiger partial charge in [-0.15, -0.1) is 0 Å². The molecule has 1 aliphatic heterocycles. The van der Waals surface area contributed by atoms with Gasteiger partial charge in [-0.3, -0.25) is 9.78 Å². The van der Waals surface area contributed by atoms with Gasteiger partial charge >= 0.3 is 0 Å². The number of carbonyl (C=O) groups excluding carboxylic acids is 1. The molecule has 5 nitrogen and oxygen atoms in total. The van der Waals surface area contributed by atoms with Crippen LogP contribution in [0.5, 0.6) is 0 Å². The summed E-state index contributed by atoms with van der Waals surface area (Å²) in [5.41, 5.74) is 6.17. The second-order valence-corrected chi connectivity index (χ2v) is 4.50. The molecule has 0 unspecified atom stereocenters. The average molecular weight is 235 g/mol. The first kappa shape index (κ1) is 12.0. The highest BCUT2D eigenvalue weighted by molar-refractivity contribution is 5.83. The lowest BCUT2D eigenvalue weighted by Gasteiger charge is -2.41. The Kier molecular flexibility index (Phi) is 3.40. The molecule has 0 atom stereocenters. The number of amides is 1. The molecular weight excluding hydrogens is 218 g/mol. The molecule has 0 radical (unpaired) electrons. The van der Waals surface area contributed by atoms with Gasteiger partial charge in [-0.1, -0.05) is 6.07 Å². The number of nitrogens with two attached hydrogens (primary N) is 1. The Hall–Kier alpha value is -1.46. The lowest BCUT2D eigenvalue weighted by atomic mass is 9.84. The van der Waals surface area contributed by atoms with E-state index in [4.69, 9.17) is 10.5 Å². The van der Waals surface area contributed by atoms with Crippen LogP contribution in [0.4, 0.5) is 0 Å². The first-order chi connectivity index (χ1) is 8.18. The summed E-state index contributed by atoms with van der Waals surface area (Å²) in [6.07, 6.45) is 3.47. The Balaban J connectivity index is 2.00. The number of carbonyl (C=O) groups is 1. The van der Waals surface area contributed by atoms with Crippen LogP contribution < -0.4 is 5.73 Å². The monoisotopic (exact) mass is 235 g/mol. The molecule has 1 aromatic rings. The molecule has 92 valence electrons. The van der Waals surface area contributed by atoms with E-state index in [0.29, 0.717) is 26.3 Å². The first-order valence-corrected chi connectivity index (χ1v) is 5.60. The maximum absolute atomic E-state index is 12.2. The Morgan fingerprint density at radius 2 is 2.41 bits per heavy atom. The number of ether oxygens (including phenoxy) is 1. The number of aromatic nitrogens is 1. The van der Waals surface area contributed by atoms with Crippen molar-refractivity contribution in [1.82, 2.24) is 9.88 Å². The van der Waals surface area contributed by atoms with Crippen molar-refractivity contribution in [2.45, 2.75) is 6.54 Å². The molecule has 0 saturated carbocycles. The van der Waals surface area contributed by atoms with Gasteiger partial charge in [0.1, 0.15) is 5.41 Å². The predicted molar refractivity (Wildman–Crippen MR) is 63.0 cm³/mol. The number of hydrogen-bond donors (Lipinski definition) is 1. The fraction of sp³-hybridized carbons (Fsp3) is 0.500. The van der Waals surface area contributed by atoms with E-state index in [1.807, 2.05) is 12.1 Å². The summed E-state index contributed by atoms with van der Waals surface area (Å²) in [7, 11) is 1.78. The van der Waals surface area contributed by atoms with Crippen LogP contribution in [0.2, 0.25) is 0 Å². The molecule has 1 aromatic heterocycles. The van der Waals surface area contributed by atoms with E-state index in [0.717, 1.165) is 5.56 Å². The first-order valence-electron chi connectivity index (χ1n) is 5.60. The smallest absolute Gasteiger partial charge is 0.234 e. The van der Waals surface area contributed by atoms with Crippen LogP contribution in [-0.2, 0) is 16.1 Å². The highest BCUT2D eigenvalue weighted by atomic mass is 16.5. The fourth-order valence-electron chi connectivity index (χ4n) is 1.92. The van der Waals surface area contributed by atoms with Crippen molar-refractivity contribution in [3.05, 3.63) is 30.1 Å². The zero-order valence-electron chi connectivity index (χ0n) is 9.93. The Morgan fingerprint density at radius 3 is 2.88 bits per heavy atom. The quantitative estimate of drug-likeness (QED) is 0.798. The van der Waals surface area contributed by atoms with Gasteiger partial charge in [-0.25, -0.2) is 0 Å². The van der Waals surface area contributed by atoms with Crippen LogP contribution in [0.3, 0.4) is 0 Å². The van der Waals surface area contributed by atoms with Crippen molar-refractivity contribution in [2.75, 3.05) is 26.8 Å². The summed E-state index contributed by atoms with van der Waals surface area (Å²) < 4.78 is 5.11. The zero-order valence-corrected chi connectivity index (χ0v) is 9.93. The molecule has 2 N–H and O–H groups in total. The summed E-state index contributed by atoms with van der Waals surface area (Å²) in [6, 6.07) is 3.81. The van der Waals surface area contributed by atoms with E-state index in [-0.39, 0.29) is 5.91 Å². The number of pyridine rings is 1. The number of rotatable bonds is 4. The highest BCUT2D eigenvalue weighted by Gasteiger charge is 2.46. The van der Waals surface area contributed by atoms with E-state index in [1.54, 1.807) is 24.3 Å². The molecule has 1 aliphatic rings. The summed E-state index contributed by atoms with van der Waals surface area (Å²) >= 11 is 0. The van der Waals surface area contributed by atoms with E-state index < -0.39 is 5.41 Å². The van der Waals surface area contributed by atoms with Gasteiger partial charge in [-0.05, 0) is 11.6 Å². The Labute approximate surface area is 101 Å². The molecular formula is C12H17N3O2. The maximum atomic E-state index is 12.2. The molecule has 0 aliphatic carbocycles. The van der Waals surface area contributed by atoms with Gasteiger partial charge in [0.05, 0.1) is 13.2 Å². The van der Waals surface area contributed by atoms with Gasteiger partial charge in [-0.2, -0.15) is 0 Å².